The van der Waals surface area contributed by atoms with Crippen molar-refractivity contribution in [1.82, 2.24) is 9.88 Å². The lowest BCUT2D eigenvalue weighted by atomic mass is 9.86. The summed E-state index contributed by atoms with van der Waals surface area (Å²) in [6.07, 6.45) is 13.5. The van der Waals surface area contributed by atoms with Crippen molar-refractivity contribution in [3.63, 3.8) is 0 Å². The van der Waals surface area contributed by atoms with Crippen LogP contribution in [0.1, 0.15) is 76.3 Å². The normalized spacial score (nSPS) is 15.8. The highest BCUT2D eigenvalue weighted by Gasteiger charge is 2.33. The van der Waals surface area contributed by atoms with Gasteiger partial charge in [-0.1, -0.05) is 57.2 Å². The quantitative estimate of drug-likeness (QED) is 0.398. The van der Waals surface area contributed by atoms with Crippen molar-refractivity contribution in [3.05, 3.63) is 59.9 Å². The lowest BCUT2D eigenvalue weighted by Crippen LogP contribution is -2.40. The first-order chi connectivity index (χ1) is 16.9. The van der Waals surface area contributed by atoms with E-state index in [1.807, 2.05) is 41.4 Å². The van der Waals surface area contributed by atoms with Gasteiger partial charge in [-0.15, -0.1) is 0 Å². The van der Waals surface area contributed by atoms with E-state index in [2.05, 4.69) is 4.98 Å². The van der Waals surface area contributed by atoms with Crippen LogP contribution in [0.4, 0.5) is 0 Å². The van der Waals surface area contributed by atoms with E-state index in [0.29, 0.717) is 44.0 Å². The standard InChI is InChI=1S/C29H40N2O4/c1-3-29(2,28(33)34)35-26-13-7-11-24(21-26)16-19-31(20-17-25-12-8-18-30-22-25)27(32)15-14-23-9-5-4-6-10-23/h7-8,11-13,18,21-23H,3-6,9-10,14-17,19-20H2,1-2H3,(H,33,34). The summed E-state index contributed by atoms with van der Waals surface area (Å²) in [7, 11) is 0. The molecule has 6 heteroatoms. The van der Waals surface area contributed by atoms with Crippen LogP contribution in [0.5, 0.6) is 5.75 Å². The fourth-order valence-electron chi connectivity index (χ4n) is 4.69. The first-order valence-electron chi connectivity index (χ1n) is 13.1. The van der Waals surface area contributed by atoms with Crippen LogP contribution in [0.25, 0.3) is 0 Å². The smallest absolute Gasteiger partial charge is 0.347 e. The van der Waals surface area contributed by atoms with Crippen molar-refractivity contribution in [1.29, 1.82) is 0 Å². The Balaban J connectivity index is 1.62. The van der Waals surface area contributed by atoms with E-state index in [1.54, 1.807) is 26.1 Å². The van der Waals surface area contributed by atoms with E-state index < -0.39 is 11.6 Å². The van der Waals surface area contributed by atoms with Crippen LogP contribution < -0.4 is 4.74 Å². The summed E-state index contributed by atoms with van der Waals surface area (Å²) in [5, 5.41) is 9.52. The summed E-state index contributed by atoms with van der Waals surface area (Å²) in [5.74, 6) is 0.468. The molecule has 1 amide bonds. The number of hydrogen-bond donors (Lipinski definition) is 1. The highest BCUT2D eigenvalue weighted by Crippen LogP contribution is 2.28. The minimum Gasteiger partial charge on any atom is -0.478 e. The molecule has 0 saturated heterocycles. The van der Waals surface area contributed by atoms with Crippen LogP contribution in [0, 0.1) is 5.92 Å². The maximum Gasteiger partial charge on any atom is 0.347 e. The number of aliphatic carboxylic acids is 1. The molecule has 3 rings (SSSR count). The number of pyridine rings is 1. The fraction of sp³-hybridized carbons (Fsp3) is 0.552. The van der Waals surface area contributed by atoms with E-state index in [-0.39, 0.29) is 5.91 Å². The van der Waals surface area contributed by atoms with Gasteiger partial charge >= 0.3 is 5.97 Å². The molecule has 0 bridgehead atoms. The second kappa shape index (κ2) is 13.3. The molecule has 1 heterocycles. The summed E-state index contributed by atoms with van der Waals surface area (Å²) in [4.78, 5) is 31.0. The fourth-order valence-corrected chi connectivity index (χ4v) is 4.69. The SMILES string of the molecule is CCC(C)(Oc1cccc(CCN(CCc2cccnc2)C(=O)CCC2CCCCC2)c1)C(=O)O. The van der Waals surface area contributed by atoms with Crippen molar-refractivity contribution in [3.8, 4) is 5.75 Å². The molecule has 190 valence electrons. The van der Waals surface area contributed by atoms with Crippen LogP contribution in [0.2, 0.25) is 0 Å². The molecule has 0 spiro atoms. The highest BCUT2D eigenvalue weighted by molar-refractivity contribution is 5.77. The monoisotopic (exact) mass is 480 g/mol. The zero-order chi connectivity index (χ0) is 25.1. The lowest BCUT2D eigenvalue weighted by Gasteiger charge is -2.26. The number of benzene rings is 1. The van der Waals surface area contributed by atoms with Crippen molar-refractivity contribution in [2.75, 3.05) is 13.1 Å². The van der Waals surface area contributed by atoms with Gasteiger partial charge in [-0.2, -0.15) is 0 Å². The molecule has 0 aliphatic heterocycles. The number of hydrogen-bond acceptors (Lipinski definition) is 4. The van der Waals surface area contributed by atoms with Gasteiger partial charge in [0.1, 0.15) is 5.75 Å². The maximum atomic E-state index is 13.2. The maximum absolute atomic E-state index is 13.2. The average Bonchev–Trinajstić information content (AvgIpc) is 2.88. The molecular formula is C29H40N2O4. The van der Waals surface area contributed by atoms with Crippen LogP contribution >= 0.6 is 0 Å². The van der Waals surface area contributed by atoms with E-state index in [1.165, 1.54) is 32.1 Å². The summed E-state index contributed by atoms with van der Waals surface area (Å²) < 4.78 is 5.83. The summed E-state index contributed by atoms with van der Waals surface area (Å²) >= 11 is 0. The zero-order valence-corrected chi connectivity index (χ0v) is 21.2. The Morgan fingerprint density at radius 1 is 1.09 bits per heavy atom. The van der Waals surface area contributed by atoms with Crippen LogP contribution in [0.3, 0.4) is 0 Å². The molecule has 1 atom stereocenters. The molecule has 0 radical (unpaired) electrons. The van der Waals surface area contributed by atoms with Gasteiger partial charge in [0.15, 0.2) is 0 Å². The minimum absolute atomic E-state index is 0.219. The van der Waals surface area contributed by atoms with Crippen molar-refractivity contribution < 1.29 is 19.4 Å². The number of rotatable bonds is 13. The minimum atomic E-state index is -1.26. The topological polar surface area (TPSA) is 79.7 Å². The van der Waals surface area contributed by atoms with E-state index >= 15 is 0 Å². The van der Waals surface area contributed by atoms with Gasteiger partial charge in [0.05, 0.1) is 0 Å². The van der Waals surface area contributed by atoms with Gasteiger partial charge < -0.3 is 14.7 Å². The number of carboxylic acids is 1. The molecule has 1 fully saturated rings. The van der Waals surface area contributed by atoms with E-state index in [9.17, 15) is 14.7 Å². The van der Waals surface area contributed by atoms with Crippen LogP contribution in [-0.4, -0.2) is 45.6 Å². The molecule has 1 N–H and O–H groups in total. The first kappa shape index (κ1) is 26.7. The molecule has 1 aliphatic rings. The van der Waals surface area contributed by atoms with Gasteiger partial charge in [-0.25, -0.2) is 4.79 Å². The highest BCUT2D eigenvalue weighted by atomic mass is 16.5. The predicted octanol–water partition coefficient (Wildman–Crippen LogP) is 5.69. The molecule has 6 nitrogen and oxygen atoms in total. The van der Waals surface area contributed by atoms with E-state index in [0.717, 1.165) is 24.0 Å². The van der Waals surface area contributed by atoms with Crippen LogP contribution in [-0.2, 0) is 22.4 Å². The van der Waals surface area contributed by atoms with Crippen LogP contribution in [0.15, 0.2) is 48.8 Å². The number of carbonyl (C=O) groups is 2. The Labute approximate surface area is 209 Å². The largest absolute Gasteiger partial charge is 0.478 e. The Morgan fingerprint density at radius 2 is 1.80 bits per heavy atom. The number of aromatic nitrogens is 1. The first-order valence-corrected chi connectivity index (χ1v) is 13.1. The molecule has 1 unspecified atom stereocenters. The van der Waals surface area contributed by atoms with Gasteiger partial charge in [-0.3, -0.25) is 9.78 Å². The summed E-state index contributed by atoms with van der Waals surface area (Å²) in [6.45, 7) is 4.68. The van der Waals surface area contributed by atoms with Gasteiger partial charge in [0.2, 0.25) is 11.5 Å². The molecule has 1 saturated carbocycles. The second-order valence-corrected chi connectivity index (χ2v) is 9.92. The predicted molar refractivity (Wildman–Crippen MR) is 137 cm³/mol. The molecule has 2 aromatic rings. The molecular weight excluding hydrogens is 440 g/mol. The van der Waals surface area contributed by atoms with E-state index in [4.69, 9.17) is 4.74 Å². The lowest BCUT2D eigenvalue weighted by molar-refractivity contribution is -0.154. The Bertz CT molecular complexity index is 943. The molecule has 35 heavy (non-hydrogen) atoms. The van der Waals surface area contributed by atoms with Crippen molar-refractivity contribution in [2.45, 2.75) is 83.7 Å². The zero-order valence-electron chi connectivity index (χ0n) is 21.2. The number of carboxylic acid groups (broad SMARTS) is 1. The molecule has 1 aromatic heterocycles. The third-order valence-electron chi connectivity index (χ3n) is 7.28. The third kappa shape index (κ3) is 8.37. The van der Waals surface area contributed by atoms with Gasteiger partial charge in [0, 0.05) is 31.9 Å². The second-order valence-electron chi connectivity index (χ2n) is 9.92. The Morgan fingerprint density at radius 3 is 2.46 bits per heavy atom. The summed E-state index contributed by atoms with van der Waals surface area (Å²) in [6, 6.07) is 11.5. The van der Waals surface area contributed by atoms with Crippen molar-refractivity contribution in [2.24, 2.45) is 5.92 Å². The number of carbonyl (C=O) groups excluding carboxylic acids is 1. The number of nitrogens with zero attached hydrogens (tertiary/aromatic N) is 2. The number of amides is 1. The van der Waals surface area contributed by atoms with Crippen molar-refractivity contribution >= 4 is 11.9 Å². The van der Waals surface area contributed by atoms with Gasteiger partial charge in [0.25, 0.3) is 0 Å². The third-order valence-corrected chi connectivity index (χ3v) is 7.28. The average molecular weight is 481 g/mol. The summed E-state index contributed by atoms with van der Waals surface area (Å²) in [5.41, 5.74) is 0.891. The van der Waals surface area contributed by atoms with Gasteiger partial charge in [-0.05, 0) is 67.9 Å². The molecule has 1 aromatic carbocycles. The molecule has 1 aliphatic carbocycles. The Hall–Kier alpha value is -2.89. The Kier molecular flexibility index (Phi) is 10.1. The number of ether oxygens (including phenoxy) is 1.